The molecule has 0 aromatic carbocycles. The molecule has 0 unspecified atom stereocenters. The maximum Gasteiger partial charge on any atom is 0.230 e. The number of ether oxygens (including phenoxy) is 2. The Morgan fingerprint density at radius 1 is 1.24 bits per heavy atom. The quantitative estimate of drug-likeness (QED) is 0.613. The van der Waals surface area contributed by atoms with Gasteiger partial charge in [-0.1, -0.05) is 38.8 Å². The Bertz CT molecular complexity index is 696. The van der Waals surface area contributed by atoms with Crippen molar-refractivity contribution in [3.63, 3.8) is 0 Å². The van der Waals surface area contributed by atoms with E-state index in [0.29, 0.717) is 18.5 Å². The van der Waals surface area contributed by atoms with Gasteiger partial charge >= 0.3 is 0 Å². The van der Waals surface area contributed by atoms with Crippen molar-refractivity contribution in [1.82, 2.24) is 14.7 Å². The molecular weight excluding hydrogens is 370 g/mol. The molecule has 2 amide bonds. The minimum absolute atomic E-state index is 0.105. The molecule has 4 saturated heterocycles. The Balaban J connectivity index is 1.26. The molecule has 2 bridgehead atoms. The zero-order chi connectivity index (χ0) is 20.2. The van der Waals surface area contributed by atoms with Crippen molar-refractivity contribution in [3.8, 4) is 0 Å². The third kappa shape index (κ3) is 3.04. The van der Waals surface area contributed by atoms with Gasteiger partial charge in [0.25, 0.3) is 0 Å². The summed E-state index contributed by atoms with van der Waals surface area (Å²) in [5, 5.41) is 0. The van der Waals surface area contributed by atoms with Gasteiger partial charge in [0.2, 0.25) is 11.8 Å². The van der Waals surface area contributed by atoms with Crippen LogP contribution >= 0.6 is 0 Å². The lowest BCUT2D eigenvalue weighted by Gasteiger charge is -2.47. The summed E-state index contributed by atoms with van der Waals surface area (Å²) >= 11 is 0. The summed E-state index contributed by atoms with van der Waals surface area (Å²) in [6.45, 7) is 10.7. The average molecular weight is 404 g/mol. The molecule has 7 nitrogen and oxygen atoms in total. The Hall–Kier alpha value is -1.44. The van der Waals surface area contributed by atoms with Crippen molar-refractivity contribution >= 4 is 11.8 Å². The van der Waals surface area contributed by atoms with Crippen LogP contribution in [0.15, 0.2) is 12.2 Å². The summed E-state index contributed by atoms with van der Waals surface area (Å²) in [6.07, 6.45) is 5.97. The highest BCUT2D eigenvalue weighted by atomic mass is 16.5. The highest BCUT2D eigenvalue weighted by molar-refractivity contribution is 5.93. The van der Waals surface area contributed by atoms with Crippen LogP contribution in [-0.2, 0) is 19.1 Å². The molecule has 0 aliphatic carbocycles. The number of rotatable bonds is 6. The van der Waals surface area contributed by atoms with E-state index in [1.54, 1.807) is 0 Å². The van der Waals surface area contributed by atoms with Crippen molar-refractivity contribution in [1.29, 1.82) is 0 Å². The number of likely N-dealkylation sites (tertiary alicyclic amines) is 2. The maximum atomic E-state index is 13.4. The van der Waals surface area contributed by atoms with Crippen molar-refractivity contribution in [2.45, 2.75) is 44.4 Å². The van der Waals surface area contributed by atoms with Crippen molar-refractivity contribution in [2.24, 2.45) is 17.8 Å². The Morgan fingerprint density at radius 3 is 2.66 bits per heavy atom. The Morgan fingerprint density at radius 2 is 1.97 bits per heavy atom. The summed E-state index contributed by atoms with van der Waals surface area (Å²) in [6, 6.07) is 0.428. The maximum absolute atomic E-state index is 13.4. The monoisotopic (exact) mass is 403 g/mol. The summed E-state index contributed by atoms with van der Waals surface area (Å²) in [5.74, 6) is 0.0293. The van der Waals surface area contributed by atoms with Gasteiger partial charge in [-0.05, 0) is 5.92 Å². The van der Waals surface area contributed by atoms with E-state index in [1.165, 1.54) is 0 Å². The van der Waals surface area contributed by atoms with E-state index in [1.807, 2.05) is 15.9 Å². The number of morpholine rings is 1. The third-order valence-corrected chi connectivity index (χ3v) is 7.83. The standard InChI is InChI=1S/C22H33N3O4/c1-3-15(4-2)11-25-14-22-6-5-17(29-22)18(19(22)21(25)27)20(26)24-12-16(13-24)23-7-9-28-10-8-23/h5-6,15-19H,3-4,7-14H2,1-2H3/t17-,18-,19-,22-/m0/s1. The van der Waals surface area contributed by atoms with Crippen molar-refractivity contribution < 1.29 is 19.1 Å². The summed E-state index contributed by atoms with van der Waals surface area (Å²) in [4.78, 5) is 33.0. The molecule has 5 rings (SSSR count). The smallest absolute Gasteiger partial charge is 0.230 e. The summed E-state index contributed by atoms with van der Waals surface area (Å²) in [7, 11) is 0. The highest BCUT2D eigenvalue weighted by Crippen LogP contribution is 2.52. The van der Waals surface area contributed by atoms with Crippen LogP contribution in [0.5, 0.6) is 0 Å². The van der Waals surface area contributed by atoms with E-state index >= 15 is 0 Å². The first kappa shape index (κ1) is 19.5. The second-order valence-electron chi connectivity index (χ2n) is 9.35. The Kier molecular flexibility index (Phi) is 4.95. The molecule has 5 aliphatic rings. The molecule has 0 aromatic rings. The lowest BCUT2D eigenvalue weighted by Crippen LogP contribution is -2.64. The number of amides is 2. The molecule has 7 heteroatoms. The first-order valence-corrected chi connectivity index (χ1v) is 11.3. The van der Waals surface area contributed by atoms with Gasteiger partial charge in [0.05, 0.1) is 37.7 Å². The van der Waals surface area contributed by atoms with Gasteiger partial charge in [-0.3, -0.25) is 14.5 Å². The number of carbonyl (C=O) groups is 2. The normalized spacial score (nSPS) is 36.9. The molecule has 4 atom stereocenters. The molecule has 0 radical (unpaired) electrons. The molecule has 0 saturated carbocycles. The van der Waals surface area contributed by atoms with Crippen LogP contribution in [0, 0.1) is 17.8 Å². The first-order chi connectivity index (χ1) is 14.1. The predicted octanol–water partition coefficient (Wildman–Crippen LogP) is 0.748. The van der Waals surface area contributed by atoms with Gasteiger partial charge in [-0.25, -0.2) is 0 Å². The van der Waals surface area contributed by atoms with Crippen molar-refractivity contribution in [3.05, 3.63) is 12.2 Å². The second-order valence-corrected chi connectivity index (χ2v) is 9.35. The SMILES string of the molecule is CCC(CC)CN1C[C@]23C=C[C@H](O2)[C@H](C(=O)N2CC(N4CCOCC4)C2)[C@H]3C1=O. The van der Waals surface area contributed by atoms with Gasteiger partial charge in [-0.2, -0.15) is 0 Å². The third-order valence-electron chi connectivity index (χ3n) is 7.83. The fourth-order valence-corrected chi connectivity index (χ4v) is 5.89. The van der Waals surface area contributed by atoms with E-state index in [9.17, 15) is 9.59 Å². The van der Waals surface area contributed by atoms with Crippen LogP contribution in [0.3, 0.4) is 0 Å². The molecule has 0 N–H and O–H groups in total. The average Bonchev–Trinajstić information content (AvgIpc) is 3.34. The zero-order valence-corrected chi connectivity index (χ0v) is 17.6. The van der Waals surface area contributed by atoms with Crippen LogP contribution < -0.4 is 0 Å². The largest absolute Gasteiger partial charge is 0.379 e. The Labute approximate surface area is 173 Å². The number of fused-ring (bicyclic) bond motifs is 1. The van der Waals surface area contributed by atoms with E-state index in [0.717, 1.165) is 58.8 Å². The molecule has 29 heavy (non-hydrogen) atoms. The number of carbonyl (C=O) groups excluding carboxylic acids is 2. The minimum Gasteiger partial charge on any atom is -0.379 e. The van der Waals surface area contributed by atoms with Gasteiger partial charge < -0.3 is 19.3 Å². The van der Waals surface area contributed by atoms with Gasteiger partial charge in [-0.15, -0.1) is 0 Å². The molecule has 0 aromatic heterocycles. The topological polar surface area (TPSA) is 62.3 Å². The van der Waals surface area contributed by atoms with Gasteiger partial charge in [0.1, 0.15) is 5.60 Å². The fraction of sp³-hybridized carbons (Fsp3) is 0.818. The highest BCUT2D eigenvalue weighted by Gasteiger charge is 2.67. The zero-order valence-electron chi connectivity index (χ0n) is 17.6. The van der Waals surface area contributed by atoms with Crippen LogP contribution in [0.2, 0.25) is 0 Å². The number of hydrogen-bond acceptors (Lipinski definition) is 5. The number of nitrogens with zero attached hydrogens (tertiary/aromatic N) is 3. The predicted molar refractivity (Wildman–Crippen MR) is 107 cm³/mol. The molecule has 5 aliphatic heterocycles. The molecule has 4 fully saturated rings. The van der Waals surface area contributed by atoms with Crippen LogP contribution in [0.25, 0.3) is 0 Å². The van der Waals surface area contributed by atoms with Crippen molar-refractivity contribution in [2.75, 3.05) is 52.5 Å². The molecular formula is C22H33N3O4. The minimum atomic E-state index is -0.581. The van der Waals surface area contributed by atoms with E-state index in [2.05, 4.69) is 24.8 Å². The van der Waals surface area contributed by atoms with E-state index < -0.39 is 5.60 Å². The van der Waals surface area contributed by atoms with Crippen LogP contribution in [-0.4, -0.2) is 96.7 Å². The van der Waals surface area contributed by atoms with Crippen LogP contribution in [0.1, 0.15) is 26.7 Å². The first-order valence-electron chi connectivity index (χ1n) is 11.3. The van der Waals surface area contributed by atoms with Gasteiger partial charge in [0, 0.05) is 38.8 Å². The summed E-state index contributed by atoms with van der Waals surface area (Å²) in [5.41, 5.74) is -0.581. The molecule has 1 spiro atoms. The lowest BCUT2D eigenvalue weighted by atomic mass is 9.76. The molecule has 5 heterocycles. The van der Waals surface area contributed by atoms with E-state index in [4.69, 9.17) is 9.47 Å². The number of hydrogen-bond donors (Lipinski definition) is 0. The van der Waals surface area contributed by atoms with Gasteiger partial charge in [0.15, 0.2) is 0 Å². The molecule has 160 valence electrons. The summed E-state index contributed by atoms with van der Waals surface area (Å²) < 4.78 is 11.7. The lowest BCUT2D eigenvalue weighted by molar-refractivity contribution is -0.150. The van der Waals surface area contributed by atoms with Crippen LogP contribution in [0.4, 0.5) is 0 Å². The second kappa shape index (κ2) is 7.36. The van der Waals surface area contributed by atoms with E-state index in [-0.39, 0.29) is 29.8 Å². The fourth-order valence-electron chi connectivity index (χ4n) is 5.89.